The van der Waals surface area contributed by atoms with Crippen molar-refractivity contribution < 1.29 is 41.4 Å². The van der Waals surface area contributed by atoms with Gasteiger partial charge in [-0.1, -0.05) is 12.1 Å². The van der Waals surface area contributed by atoms with Crippen molar-refractivity contribution in [2.75, 3.05) is 51.3 Å². The molecule has 0 spiro atoms. The molecule has 2 bridgehead atoms. The topological polar surface area (TPSA) is 85.3 Å². The number of ether oxygens (including phenoxy) is 1. The summed E-state index contributed by atoms with van der Waals surface area (Å²) in [4.78, 5) is 21.3. The van der Waals surface area contributed by atoms with Crippen molar-refractivity contribution in [2.24, 2.45) is 10.9 Å². The van der Waals surface area contributed by atoms with Gasteiger partial charge in [0.15, 0.2) is 0 Å². The van der Waals surface area contributed by atoms with Crippen molar-refractivity contribution in [3.05, 3.63) is 35.6 Å². The van der Waals surface area contributed by atoms with Crippen LogP contribution in [0.2, 0.25) is 0 Å². The van der Waals surface area contributed by atoms with Crippen molar-refractivity contribution >= 4 is 37.1 Å². The van der Waals surface area contributed by atoms with E-state index in [9.17, 15) is 14.3 Å². The molecule has 2 fully saturated rings. The fourth-order valence-electron chi connectivity index (χ4n) is 5.46. The Hall–Kier alpha value is -0.841. The third-order valence-electron chi connectivity index (χ3n) is 6.87. The predicted octanol–water partition coefficient (Wildman–Crippen LogP) is 1.36. The molecule has 1 aromatic carbocycles. The Morgan fingerprint density at radius 2 is 1.94 bits per heavy atom. The molecule has 2 heterocycles. The molecular weight excluding hydrogens is 576 g/mol. The molecule has 2 aliphatic heterocycles. The number of hydrogen-bond acceptors (Lipinski definition) is 9. The van der Waals surface area contributed by atoms with Crippen LogP contribution in [-0.2, 0) is 57.1 Å². The van der Waals surface area contributed by atoms with Gasteiger partial charge in [0.05, 0.1) is 13.0 Å². The molecule has 0 radical (unpaired) electrons. The second-order valence-corrected chi connectivity index (χ2v) is 9.61. The maximum absolute atomic E-state index is 13.5. The summed E-state index contributed by atoms with van der Waals surface area (Å²) < 4.78 is 26.9. The average Bonchev–Trinajstić information content (AvgIpc) is 3.14. The monoisotopic (exact) mass is 609 g/mol. The quantitative estimate of drug-likeness (QED) is 0.152. The standard InChI is InChI=1S/C24H36FN3O3S2.O.Tc/c1-31-24(30)23-20(17-3-5-18(25)6-4-17)15-19-7-8-21(23)28(19)11-2-10-27(12-14-33)16-22(29)26-9-13-32;;/h3-6,19-21,23,32-33H,2,7-16H2,1H3,(H,26,29);;/q;;+3/p-3/t19-,20-,21+,23-;;/m0../s1/i;;1+1. The van der Waals surface area contributed by atoms with E-state index >= 15 is 0 Å². The maximum atomic E-state index is 13.5. The summed E-state index contributed by atoms with van der Waals surface area (Å²) in [6.07, 6.45) is 3.74. The van der Waals surface area contributed by atoms with Gasteiger partial charge < -0.3 is 45.0 Å². The van der Waals surface area contributed by atoms with E-state index in [4.69, 9.17) is 33.5 Å². The molecule has 1 aromatic rings. The van der Waals surface area contributed by atoms with E-state index in [0.29, 0.717) is 30.6 Å². The summed E-state index contributed by atoms with van der Waals surface area (Å²) in [6, 6.07) is 7.03. The second-order valence-electron chi connectivity index (χ2n) is 8.79. The molecule has 194 valence electrons. The molecule has 0 aliphatic carbocycles. The van der Waals surface area contributed by atoms with Gasteiger partial charge in [0, 0.05) is 31.1 Å². The number of rotatable bonds is 12. The number of halogens is 1. The van der Waals surface area contributed by atoms with Crippen molar-refractivity contribution in [2.45, 2.75) is 43.7 Å². The first-order chi connectivity index (χ1) is 17.0. The molecule has 7 nitrogen and oxygen atoms in total. The van der Waals surface area contributed by atoms with E-state index < -0.39 is 0 Å². The van der Waals surface area contributed by atoms with Crippen LogP contribution in [0.3, 0.4) is 0 Å². The fraction of sp³-hybridized carbons (Fsp3) is 0.667. The number of benzene rings is 1. The van der Waals surface area contributed by atoms with Crippen molar-refractivity contribution in [1.29, 1.82) is 0 Å². The van der Waals surface area contributed by atoms with Gasteiger partial charge in [-0.05, 0) is 68.9 Å². The number of carbonyl (C=O) groups excluding carboxylic acids is 1. The van der Waals surface area contributed by atoms with Gasteiger partial charge in [-0.15, -0.1) is 0 Å². The van der Waals surface area contributed by atoms with Gasteiger partial charge in [0.1, 0.15) is 5.82 Å². The van der Waals surface area contributed by atoms with Crippen LogP contribution in [0, 0.1) is 11.7 Å². The van der Waals surface area contributed by atoms with Crippen molar-refractivity contribution in [3.8, 4) is 0 Å². The summed E-state index contributed by atoms with van der Waals surface area (Å²) >= 11 is 10.9. The number of carbonyl (C=O) groups is 1. The minimum absolute atomic E-state index is 0.0344. The Kier molecular flexibility index (Phi) is 14.0. The van der Waals surface area contributed by atoms with Crippen LogP contribution in [-0.4, -0.2) is 85.1 Å². The number of nitrogens with zero attached hydrogens (tertiary/aromatic N) is 3. The Balaban J connectivity index is 0.00000210. The van der Waals surface area contributed by atoms with Crippen LogP contribution >= 0.6 is 0 Å². The Morgan fingerprint density at radius 3 is 2.57 bits per heavy atom. The van der Waals surface area contributed by atoms with Gasteiger partial charge in [-0.25, -0.2) is 4.39 Å². The van der Waals surface area contributed by atoms with E-state index in [1.165, 1.54) is 19.2 Å². The van der Waals surface area contributed by atoms with Gasteiger partial charge in [-0.3, -0.25) is 9.69 Å². The third-order valence-corrected chi connectivity index (χ3v) is 7.24. The summed E-state index contributed by atoms with van der Waals surface area (Å²) in [6.45, 7) is 2.94. The van der Waals surface area contributed by atoms with Crippen LogP contribution in [0.5, 0.6) is 0 Å². The Morgan fingerprint density at radius 1 is 1.23 bits per heavy atom. The third kappa shape index (κ3) is 8.61. The summed E-state index contributed by atoms with van der Waals surface area (Å²) in [7, 11) is 1.44. The van der Waals surface area contributed by atoms with E-state index in [1.807, 2.05) is 0 Å². The molecule has 0 N–H and O–H groups in total. The summed E-state index contributed by atoms with van der Waals surface area (Å²) in [5.41, 5.74) is 1.00. The SMILES string of the molecule is COC(=O)[C@@H]1[C@H]2CC[C@@H](C[C@H]1c1ccc(F)cc1)N2CCCN(CC[S-])CC([O-])=NCC[S-].[O]=[99Tc+3]. The summed E-state index contributed by atoms with van der Waals surface area (Å²) in [5, 5.41) is 12.0. The van der Waals surface area contributed by atoms with Gasteiger partial charge in [0.25, 0.3) is 0 Å². The molecule has 0 amide bonds. The number of fused-ring (bicyclic) bond motifs is 2. The first kappa shape index (κ1) is 30.4. The predicted molar refractivity (Wildman–Crippen MR) is 131 cm³/mol. The van der Waals surface area contributed by atoms with Crippen molar-refractivity contribution in [1.82, 2.24) is 9.80 Å². The van der Waals surface area contributed by atoms with Gasteiger partial charge in [0.2, 0.25) is 0 Å². The Labute approximate surface area is 229 Å². The Bertz CT molecular complexity index is 820. The minimum atomic E-state index is -0.271. The number of hydrogen-bond donors (Lipinski definition) is 0. The van der Waals surface area contributed by atoms with Gasteiger partial charge >= 0.3 is 28.3 Å². The normalized spacial score (nSPS) is 24.2. The number of aliphatic imine (C=N–C) groups is 1. The van der Waals surface area contributed by atoms with Crippen LogP contribution in [0.1, 0.15) is 37.2 Å². The van der Waals surface area contributed by atoms with Crippen LogP contribution in [0.4, 0.5) is 4.39 Å². The number of esters is 1. The van der Waals surface area contributed by atoms with Gasteiger partial charge in [-0.2, -0.15) is 11.5 Å². The average molecular weight is 610 g/mol. The fourth-order valence-corrected chi connectivity index (χ4v) is 5.81. The van der Waals surface area contributed by atoms with E-state index in [0.717, 1.165) is 63.2 Å². The van der Waals surface area contributed by atoms with Crippen molar-refractivity contribution in [3.63, 3.8) is 0 Å². The molecule has 0 saturated carbocycles. The first-order valence-electron chi connectivity index (χ1n) is 11.8. The number of piperidine rings is 1. The number of methoxy groups -OCH3 is 1. The molecule has 2 saturated heterocycles. The van der Waals surface area contributed by atoms with E-state index in [2.05, 4.69) is 14.8 Å². The molecule has 2 aliphatic rings. The zero-order chi connectivity index (χ0) is 25.8. The molecule has 0 aromatic heterocycles. The zero-order valence-corrected chi connectivity index (χ0v) is 23.4. The van der Waals surface area contributed by atoms with E-state index in [-0.39, 0.29) is 42.1 Å². The van der Waals surface area contributed by atoms with E-state index in [1.54, 1.807) is 12.1 Å². The first-order valence-corrected chi connectivity index (χ1v) is 13.7. The molecule has 3 rings (SSSR count). The second kappa shape index (κ2) is 16.1. The molecule has 0 unspecified atom stereocenters. The van der Waals surface area contributed by atoms with Crippen LogP contribution < -0.4 is 5.11 Å². The van der Waals surface area contributed by atoms with Crippen LogP contribution in [0.25, 0.3) is 0 Å². The molecular formula is C24H33FN3O4S2Tc. The zero-order valence-electron chi connectivity index (χ0n) is 19.9. The molecule has 11 heteroatoms. The molecule has 35 heavy (non-hydrogen) atoms. The summed E-state index contributed by atoms with van der Waals surface area (Å²) in [5.74, 6) is 0.176. The van der Waals surface area contributed by atoms with Crippen LogP contribution in [0.15, 0.2) is 29.3 Å². The molecule has 4 atom stereocenters.